The van der Waals surface area contributed by atoms with Crippen LogP contribution in [0, 0.1) is 6.92 Å². The maximum absolute atomic E-state index is 11.5. The van der Waals surface area contributed by atoms with Gasteiger partial charge >= 0.3 is 0 Å². The zero-order chi connectivity index (χ0) is 22.8. The molecule has 0 fully saturated rings. The van der Waals surface area contributed by atoms with Crippen LogP contribution in [0.2, 0.25) is 0 Å². The predicted molar refractivity (Wildman–Crippen MR) is 133 cm³/mol. The van der Waals surface area contributed by atoms with Gasteiger partial charge in [0.05, 0.1) is 0 Å². The molecule has 2 aromatic carbocycles. The van der Waals surface area contributed by atoms with Crippen LogP contribution in [-0.2, 0) is 17.8 Å². The molecule has 7 nitrogen and oxygen atoms in total. The van der Waals surface area contributed by atoms with E-state index in [9.17, 15) is 4.79 Å². The molecule has 2 aromatic heterocycles. The maximum atomic E-state index is 11.5. The molecule has 166 valence electrons. The van der Waals surface area contributed by atoms with Crippen molar-refractivity contribution >= 4 is 40.5 Å². The van der Waals surface area contributed by atoms with Crippen LogP contribution in [0.15, 0.2) is 60.2 Å². The van der Waals surface area contributed by atoms with Gasteiger partial charge in [-0.15, -0.1) is 11.3 Å². The standard InChI is InChI=1S/C25H24N6OS/c1-16-21(28-17(2)32)5-3-6-22(16)29-24-26-15-27-25(30-24)31-11-10-18-13-19(8-9-20(18)14-31)23-7-4-12-33-23/h3-9,12-13,15H,10-11,14H2,1-2H3,(H,28,32)(H,26,27,29,30). The molecule has 1 aliphatic rings. The van der Waals surface area contributed by atoms with Crippen LogP contribution < -0.4 is 15.5 Å². The van der Waals surface area contributed by atoms with Gasteiger partial charge in [0.1, 0.15) is 6.33 Å². The number of benzene rings is 2. The molecular formula is C25H24N6OS. The fraction of sp³-hybridized carbons (Fsp3) is 0.200. The number of aromatic nitrogens is 3. The van der Waals surface area contributed by atoms with Gasteiger partial charge in [-0.25, -0.2) is 9.97 Å². The summed E-state index contributed by atoms with van der Waals surface area (Å²) in [5.41, 5.74) is 6.48. The molecule has 8 heteroatoms. The summed E-state index contributed by atoms with van der Waals surface area (Å²) in [6.45, 7) is 5.06. The lowest BCUT2D eigenvalue weighted by Gasteiger charge is -2.29. The lowest BCUT2D eigenvalue weighted by molar-refractivity contribution is -0.114. The van der Waals surface area contributed by atoms with Crippen molar-refractivity contribution in [2.75, 3.05) is 22.1 Å². The normalized spacial score (nSPS) is 12.8. The SMILES string of the molecule is CC(=O)Nc1cccc(Nc2ncnc(N3CCc4cc(-c5cccs5)ccc4C3)n2)c1C. The van der Waals surface area contributed by atoms with E-state index in [2.05, 4.69) is 66.2 Å². The third-order valence-corrected chi connectivity index (χ3v) is 6.68. The number of carbonyl (C=O) groups excluding carboxylic acids is 1. The second kappa shape index (κ2) is 8.99. The quantitative estimate of drug-likeness (QED) is 0.431. The van der Waals surface area contributed by atoms with E-state index in [4.69, 9.17) is 0 Å². The van der Waals surface area contributed by atoms with Crippen LogP contribution in [0.25, 0.3) is 10.4 Å². The molecule has 4 aromatic rings. The Morgan fingerprint density at radius 2 is 1.94 bits per heavy atom. The fourth-order valence-electron chi connectivity index (χ4n) is 4.04. The van der Waals surface area contributed by atoms with Crippen LogP contribution in [0.5, 0.6) is 0 Å². The van der Waals surface area contributed by atoms with Crippen molar-refractivity contribution in [2.24, 2.45) is 0 Å². The van der Waals surface area contributed by atoms with Crippen molar-refractivity contribution in [2.45, 2.75) is 26.8 Å². The number of hydrogen-bond donors (Lipinski definition) is 2. The number of nitrogens with one attached hydrogen (secondary N) is 2. The monoisotopic (exact) mass is 456 g/mol. The highest BCUT2D eigenvalue weighted by atomic mass is 32.1. The molecule has 0 aliphatic carbocycles. The van der Waals surface area contributed by atoms with Crippen LogP contribution in [0.4, 0.5) is 23.3 Å². The van der Waals surface area contributed by atoms with Gasteiger partial charge < -0.3 is 15.5 Å². The topological polar surface area (TPSA) is 83.0 Å². The molecule has 5 rings (SSSR count). The Hall–Kier alpha value is -3.78. The highest BCUT2D eigenvalue weighted by Crippen LogP contribution is 2.30. The van der Waals surface area contributed by atoms with Gasteiger partial charge in [-0.05, 0) is 65.2 Å². The zero-order valence-corrected chi connectivity index (χ0v) is 19.3. The Morgan fingerprint density at radius 3 is 2.76 bits per heavy atom. The van der Waals surface area contributed by atoms with Crippen molar-refractivity contribution in [3.8, 4) is 10.4 Å². The van der Waals surface area contributed by atoms with Gasteiger partial charge in [-0.3, -0.25) is 4.79 Å². The summed E-state index contributed by atoms with van der Waals surface area (Å²) < 4.78 is 0. The molecule has 0 saturated carbocycles. The van der Waals surface area contributed by atoms with Crippen LogP contribution in [0.3, 0.4) is 0 Å². The summed E-state index contributed by atoms with van der Waals surface area (Å²) in [6.07, 6.45) is 2.48. The highest BCUT2D eigenvalue weighted by molar-refractivity contribution is 7.13. The summed E-state index contributed by atoms with van der Waals surface area (Å²) in [5, 5.41) is 8.22. The Labute approximate surface area is 196 Å². The third kappa shape index (κ3) is 4.56. The van der Waals surface area contributed by atoms with Gasteiger partial charge in [0.15, 0.2) is 0 Å². The highest BCUT2D eigenvalue weighted by Gasteiger charge is 2.20. The van der Waals surface area contributed by atoms with Gasteiger partial charge in [-0.2, -0.15) is 4.98 Å². The molecule has 2 N–H and O–H groups in total. The Bertz CT molecular complexity index is 1300. The number of anilines is 4. The maximum Gasteiger partial charge on any atom is 0.232 e. The molecule has 0 unspecified atom stereocenters. The fourth-order valence-corrected chi connectivity index (χ4v) is 4.76. The minimum atomic E-state index is -0.106. The number of rotatable bonds is 5. The van der Waals surface area contributed by atoms with Gasteiger partial charge in [0.25, 0.3) is 0 Å². The molecule has 0 spiro atoms. The molecular weight excluding hydrogens is 432 g/mol. The van der Waals surface area contributed by atoms with Crippen LogP contribution >= 0.6 is 11.3 Å². The first-order chi connectivity index (χ1) is 16.1. The largest absolute Gasteiger partial charge is 0.336 e. The van der Waals surface area contributed by atoms with E-state index < -0.39 is 0 Å². The lowest BCUT2D eigenvalue weighted by atomic mass is 9.97. The molecule has 0 saturated heterocycles. The predicted octanol–water partition coefficient (Wildman–Crippen LogP) is 5.17. The first-order valence-electron chi connectivity index (χ1n) is 10.8. The van der Waals surface area contributed by atoms with E-state index in [1.807, 2.05) is 25.1 Å². The summed E-state index contributed by atoms with van der Waals surface area (Å²) >= 11 is 1.77. The average Bonchev–Trinajstić information content (AvgIpc) is 3.36. The first-order valence-corrected chi connectivity index (χ1v) is 11.7. The van der Waals surface area contributed by atoms with E-state index in [1.165, 1.54) is 34.8 Å². The minimum absolute atomic E-state index is 0.106. The summed E-state index contributed by atoms with van der Waals surface area (Å²) in [5.74, 6) is 1.02. The van der Waals surface area contributed by atoms with E-state index >= 15 is 0 Å². The number of hydrogen-bond acceptors (Lipinski definition) is 7. The zero-order valence-electron chi connectivity index (χ0n) is 18.5. The first kappa shape index (κ1) is 21.1. The Morgan fingerprint density at radius 1 is 1.06 bits per heavy atom. The second-order valence-corrected chi connectivity index (χ2v) is 8.97. The Balaban J connectivity index is 1.34. The molecule has 33 heavy (non-hydrogen) atoms. The van der Waals surface area contributed by atoms with Crippen LogP contribution in [-0.4, -0.2) is 27.4 Å². The van der Waals surface area contributed by atoms with Crippen molar-refractivity contribution < 1.29 is 4.79 Å². The minimum Gasteiger partial charge on any atom is -0.336 e. The molecule has 0 atom stereocenters. The molecule has 1 aliphatic heterocycles. The van der Waals surface area contributed by atoms with Crippen molar-refractivity contribution in [3.05, 3.63) is 76.9 Å². The summed E-state index contributed by atoms with van der Waals surface area (Å²) in [7, 11) is 0. The Kier molecular flexibility index (Phi) is 5.75. The van der Waals surface area contributed by atoms with Crippen LogP contribution in [0.1, 0.15) is 23.6 Å². The van der Waals surface area contributed by atoms with E-state index in [0.29, 0.717) is 11.9 Å². The number of carbonyl (C=O) groups is 1. The summed E-state index contributed by atoms with van der Waals surface area (Å²) in [6, 6.07) is 16.7. The molecule has 0 bridgehead atoms. The second-order valence-electron chi connectivity index (χ2n) is 8.03. The lowest BCUT2D eigenvalue weighted by Crippen LogP contribution is -2.32. The number of thiophene rings is 1. The van der Waals surface area contributed by atoms with Gasteiger partial charge in [0, 0.05) is 36.3 Å². The van der Waals surface area contributed by atoms with Crippen molar-refractivity contribution in [3.63, 3.8) is 0 Å². The molecule has 0 radical (unpaired) electrons. The number of fused-ring (bicyclic) bond motifs is 1. The smallest absolute Gasteiger partial charge is 0.232 e. The summed E-state index contributed by atoms with van der Waals surface area (Å²) in [4.78, 5) is 28.3. The molecule has 3 heterocycles. The average molecular weight is 457 g/mol. The van der Waals surface area contributed by atoms with Gasteiger partial charge in [-0.1, -0.05) is 24.3 Å². The van der Waals surface area contributed by atoms with E-state index in [0.717, 1.165) is 36.4 Å². The number of amides is 1. The van der Waals surface area contributed by atoms with E-state index in [-0.39, 0.29) is 5.91 Å². The van der Waals surface area contributed by atoms with Gasteiger partial charge in [0.2, 0.25) is 17.8 Å². The van der Waals surface area contributed by atoms with Crippen molar-refractivity contribution in [1.82, 2.24) is 15.0 Å². The third-order valence-electron chi connectivity index (χ3n) is 5.76. The van der Waals surface area contributed by atoms with Crippen molar-refractivity contribution in [1.29, 1.82) is 0 Å². The molecule has 1 amide bonds. The van der Waals surface area contributed by atoms with E-state index in [1.54, 1.807) is 11.3 Å². The number of nitrogens with zero attached hydrogens (tertiary/aromatic N) is 4.